The highest BCUT2D eigenvalue weighted by molar-refractivity contribution is 5.98. The highest BCUT2D eigenvalue weighted by Gasteiger charge is 2.30. The van der Waals surface area contributed by atoms with Crippen LogP contribution in [-0.2, 0) is 17.4 Å². The van der Waals surface area contributed by atoms with Crippen LogP contribution in [-0.4, -0.2) is 49.9 Å². The molecular formula is C31H34F3N3O2. The molecule has 1 atom stereocenters. The number of nitrogens with one attached hydrogen (secondary N) is 2. The number of halogens is 3. The van der Waals surface area contributed by atoms with E-state index in [4.69, 9.17) is 0 Å². The van der Waals surface area contributed by atoms with Crippen molar-refractivity contribution in [2.45, 2.75) is 32.5 Å². The van der Waals surface area contributed by atoms with E-state index in [1.54, 1.807) is 42.5 Å². The van der Waals surface area contributed by atoms with Gasteiger partial charge in [0.05, 0.1) is 5.56 Å². The molecule has 0 aliphatic heterocycles. The summed E-state index contributed by atoms with van der Waals surface area (Å²) >= 11 is 0. The summed E-state index contributed by atoms with van der Waals surface area (Å²) in [5.41, 5.74) is 3.51. The highest BCUT2D eigenvalue weighted by atomic mass is 19.4. The van der Waals surface area contributed by atoms with Crippen LogP contribution < -0.4 is 10.6 Å². The molecule has 3 rings (SSSR count). The summed E-state index contributed by atoms with van der Waals surface area (Å²) in [6.07, 6.45) is -0.389. The van der Waals surface area contributed by atoms with Gasteiger partial charge in [0.2, 0.25) is 5.91 Å². The van der Waals surface area contributed by atoms with Crippen molar-refractivity contribution in [3.05, 3.63) is 101 Å². The normalized spacial score (nSPS) is 12.5. The van der Waals surface area contributed by atoms with Crippen LogP contribution in [0.1, 0.15) is 39.5 Å². The molecule has 0 bridgehead atoms. The van der Waals surface area contributed by atoms with Crippen LogP contribution in [0.2, 0.25) is 0 Å². The Labute approximate surface area is 227 Å². The van der Waals surface area contributed by atoms with Crippen LogP contribution in [0, 0.1) is 6.92 Å². The number of carbonyl (C=O) groups excluding carboxylic acids is 2. The van der Waals surface area contributed by atoms with Gasteiger partial charge in [-0.15, -0.1) is 0 Å². The van der Waals surface area contributed by atoms with Crippen LogP contribution in [0.3, 0.4) is 0 Å². The second-order valence-electron chi connectivity index (χ2n) is 9.67. The number of amides is 2. The molecule has 0 fully saturated rings. The van der Waals surface area contributed by atoms with E-state index in [-0.39, 0.29) is 18.2 Å². The highest BCUT2D eigenvalue weighted by Crippen LogP contribution is 2.32. The van der Waals surface area contributed by atoms with Gasteiger partial charge in [-0.3, -0.25) is 9.59 Å². The number of benzene rings is 3. The van der Waals surface area contributed by atoms with Crippen LogP contribution in [0.4, 0.5) is 13.2 Å². The molecule has 2 amide bonds. The van der Waals surface area contributed by atoms with Gasteiger partial charge >= 0.3 is 6.18 Å². The first-order valence-electron chi connectivity index (χ1n) is 12.7. The minimum absolute atomic E-state index is 0.218. The van der Waals surface area contributed by atoms with Gasteiger partial charge < -0.3 is 15.5 Å². The predicted octanol–water partition coefficient (Wildman–Crippen LogP) is 5.73. The number of allylic oxidation sites excluding steroid dienone is 1. The first kappa shape index (κ1) is 29.6. The number of hydrogen-bond donors (Lipinski definition) is 2. The van der Waals surface area contributed by atoms with Gasteiger partial charge in [0.25, 0.3) is 5.91 Å². The van der Waals surface area contributed by atoms with Gasteiger partial charge in [0.1, 0.15) is 6.04 Å². The molecule has 2 N–H and O–H groups in total. The zero-order valence-corrected chi connectivity index (χ0v) is 22.6. The third kappa shape index (κ3) is 8.55. The van der Waals surface area contributed by atoms with Crippen LogP contribution in [0.25, 0.3) is 17.2 Å². The summed E-state index contributed by atoms with van der Waals surface area (Å²) in [5.74, 6) is -0.679. The number of aryl methyl sites for hydroxylation is 1. The summed E-state index contributed by atoms with van der Waals surface area (Å²) in [7, 11) is 3.80. The molecule has 39 heavy (non-hydrogen) atoms. The Morgan fingerprint density at radius 3 is 2.33 bits per heavy atom. The quantitative estimate of drug-likeness (QED) is 0.347. The molecule has 0 aliphatic carbocycles. The Hall–Kier alpha value is -3.91. The van der Waals surface area contributed by atoms with E-state index < -0.39 is 17.8 Å². The average Bonchev–Trinajstić information content (AvgIpc) is 2.89. The van der Waals surface area contributed by atoms with E-state index in [2.05, 4.69) is 10.6 Å². The molecule has 1 unspecified atom stereocenters. The van der Waals surface area contributed by atoms with E-state index in [0.717, 1.165) is 28.8 Å². The number of carbonyl (C=O) groups is 2. The molecule has 0 heterocycles. The molecule has 3 aromatic rings. The summed E-state index contributed by atoms with van der Waals surface area (Å²) in [6.45, 7) is 4.92. The van der Waals surface area contributed by atoms with Gasteiger partial charge in [-0.1, -0.05) is 54.6 Å². The molecule has 0 saturated carbocycles. The van der Waals surface area contributed by atoms with Gasteiger partial charge in [-0.05, 0) is 80.0 Å². The van der Waals surface area contributed by atoms with Crippen molar-refractivity contribution in [2.24, 2.45) is 0 Å². The van der Waals surface area contributed by atoms with Gasteiger partial charge in [0.15, 0.2) is 0 Å². The average molecular weight is 538 g/mol. The van der Waals surface area contributed by atoms with Gasteiger partial charge in [0, 0.05) is 25.1 Å². The zero-order valence-electron chi connectivity index (χ0n) is 22.6. The Kier molecular flexibility index (Phi) is 10.1. The summed E-state index contributed by atoms with van der Waals surface area (Å²) in [4.78, 5) is 28.2. The Balaban J connectivity index is 1.81. The standard InChI is InChI=1S/C31H34F3N3O2/c1-5-7-24-19-26(13-10-21(24)2)29(38)36-28(30(39)35-16-17-37(3)4)18-22-11-14-23(15-12-22)25-8-6-9-27(20-25)31(32,33)34/h5-15,19-20,28H,16-18H2,1-4H3,(H,35,39)(H,36,38)/b7-5+. The van der Waals surface area contributed by atoms with E-state index >= 15 is 0 Å². The molecule has 5 nitrogen and oxygen atoms in total. The van der Waals surface area contributed by atoms with Crippen molar-refractivity contribution < 1.29 is 22.8 Å². The predicted molar refractivity (Wildman–Crippen MR) is 149 cm³/mol. The number of hydrogen-bond acceptors (Lipinski definition) is 3. The van der Waals surface area contributed by atoms with Gasteiger partial charge in [-0.25, -0.2) is 0 Å². The fraction of sp³-hybridized carbons (Fsp3) is 0.290. The fourth-order valence-corrected chi connectivity index (χ4v) is 4.06. The third-order valence-electron chi connectivity index (χ3n) is 6.28. The maximum Gasteiger partial charge on any atom is 0.416 e. The molecule has 0 aromatic heterocycles. The number of likely N-dealkylation sites (N-methyl/N-ethyl adjacent to an activating group) is 1. The van der Waals surface area contributed by atoms with E-state index in [0.29, 0.717) is 29.8 Å². The molecular weight excluding hydrogens is 503 g/mol. The van der Waals surface area contributed by atoms with E-state index in [9.17, 15) is 22.8 Å². The lowest BCUT2D eigenvalue weighted by molar-refractivity contribution is -0.137. The summed E-state index contributed by atoms with van der Waals surface area (Å²) in [6, 6.07) is 16.6. The number of nitrogens with zero attached hydrogens (tertiary/aromatic N) is 1. The van der Waals surface area contributed by atoms with Crippen molar-refractivity contribution in [2.75, 3.05) is 27.2 Å². The first-order chi connectivity index (χ1) is 18.5. The van der Waals surface area contributed by atoms with Crippen molar-refractivity contribution in [1.82, 2.24) is 15.5 Å². The minimum Gasteiger partial charge on any atom is -0.353 e. The largest absolute Gasteiger partial charge is 0.416 e. The molecule has 3 aromatic carbocycles. The Morgan fingerprint density at radius 2 is 1.69 bits per heavy atom. The maximum atomic E-state index is 13.1. The second-order valence-corrected chi connectivity index (χ2v) is 9.67. The van der Waals surface area contributed by atoms with Crippen LogP contribution in [0.5, 0.6) is 0 Å². The van der Waals surface area contributed by atoms with Gasteiger partial charge in [-0.2, -0.15) is 13.2 Å². The SMILES string of the molecule is C/C=C/c1cc(C(=O)NC(Cc2ccc(-c3cccc(C(F)(F)F)c3)cc2)C(=O)NCCN(C)C)ccc1C. The molecule has 0 saturated heterocycles. The molecule has 8 heteroatoms. The Bertz CT molecular complexity index is 1320. The smallest absolute Gasteiger partial charge is 0.353 e. The van der Waals surface area contributed by atoms with Crippen molar-refractivity contribution in [1.29, 1.82) is 0 Å². The number of rotatable bonds is 10. The van der Waals surface area contributed by atoms with Crippen molar-refractivity contribution in [3.8, 4) is 11.1 Å². The molecule has 206 valence electrons. The van der Waals surface area contributed by atoms with Crippen molar-refractivity contribution in [3.63, 3.8) is 0 Å². The van der Waals surface area contributed by atoms with Crippen LogP contribution >= 0.6 is 0 Å². The lowest BCUT2D eigenvalue weighted by Crippen LogP contribution is -2.49. The third-order valence-corrected chi connectivity index (χ3v) is 6.28. The second kappa shape index (κ2) is 13.2. The monoisotopic (exact) mass is 537 g/mol. The topological polar surface area (TPSA) is 61.4 Å². The lowest BCUT2D eigenvalue weighted by atomic mass is 9.98. The van der Waals surface area contributed by atoms with Crippen LogP contribution in [0.15, 0.2) is 72.8 Å². The molecule has 0 spiro atoms. The van der Waals surface area contributed by atoms with Crippen molar-refractivity contribution >= 4 is 17.9 Å². The summed E-state index contributed by atoms with van der Waals surface area (Å²) in [5, 5.41) is 5.74. The van der Waals surface area contributed by atoms with E-state index in [1.807, 2.05) is 51.1 Å². The molecule has 0 aliphatic rings. The first-order valence-corrected chi connectivity index (χ1v) is 12.7. The molecule has 0 radical (unpaired) electrons. The lowest BCUT2D eigenvalue weighted by Gasteiger charge is -2.20. The zero-order chi connectivity index (χ0) is 28.6. The number of alkyl halides is 3. The maximum absolute atomic E-state index is 13.1. The minimum atomic E-state index is -4.42. The summed E-state index contributed by atoms with van der Waals surface area (Å²) < 4.78 is 39.4. The Morgan fingerprint density at radius 1 is 0.974 bits per heavy atom. The van der Waals surface area contributed by atoms with E-state index in [1.165, 1.54) is 6.07 Å². The fourth-order valence-electron chi connectivity index (χ4n) is 4.06.